The largest absolute Gasteiger partial charge is 0.480 e. The van der Waals surface area contributed by atoms with E-state index < -0.39 is 11.5 Å². The van der Waals surface area contributed by atoms with E-state index in [-0.39, 0.29) is 0 Å². The topological polar surface area (TPSA) is 52.6 Å². The summed E-state index contributed by atoms with van der Waals surface area (Å²) in [5.74, 6) is -0.354. The second-order valence-corrected chi connectivity index (χ2v) is 6.18. The van der Waals surface area contributed by atoms with Gasteiger partial charge in [-0.2, -0.15) is 0 Å². The highest BCUT2D eigenvalue weighted by Gasteiger charge is 2.51. The van der Waals surface area contributed by atoms with E-state index >= 15 is 0 Å². The number of likely N-dealkylation sites (N-methyl/N-ethyl adjacent to an activating group) is 1. The van der Waals surface area contributed by atoms with Gasteiger partial charge in [-0.05, 0) is 51.6 Å². The minimum absolute atomic E-state index is 0.316. The Balaban J connectivity index is 2.12. The van der Waals surface area contributed by atoms with Crippen molar-refractivity contribution in [2.45, 2.75) is 63.5 Å². The van der Waals surface area contributed by atoms with Gasteiger partial charge in [-0.25, -0.2) is 0 Å². The highest BCUT2D eigenvalue weighted by atomic mass is 16.4. The van der Waals surface area contributed by atoms with Crippen molar-refractivity contribution in [3.05, 3.63) is 0 Å². The van der Waals surface area contributed by atoms with E-state index in [4.69, 9.17) is 0 Å². The van der Waals surface area contributed by atoms with Crippen LogP contribution in [-0.4, -0.2) is 47.7 Å². The number of aliphatic carboxylic acids is 1. The molecule has 2 rings (SSSR count). The number of carbonyl (C=O) groups is 1. The van der Waals surface area contributed by atoms with Gasteiger partial charge in [0, 0.05) is 12.6 Å². The minimum Gasteiger partial charge on any atom is -0.480 e. The molecule has 0 amide bonds. The van der Waals surface area contributed by atoms with Crippen LogP contribution in [0.1, 0.15) is 51.9 Å². The molecule has 4 nitrogen and oxygen atoms in total. The van der Waals surface area contributed by atoms with E-state index in [1.165, 1.54) is 25.7 Å². The van der Waals surface area contributed by atoms with Crippen molar-refractivity contribution < 1.29 is 9.90 Å². The average Bonchev–Trinajstić information content (AvgIpc) is 3.22. The number of nitrogens with zero attached hydrogens (tertiary/aromatic N) is 1. The zero-order chi connectivity index (χ0) is 13.9. The van der Waals surface area contributed by atoms with Crippen LogP contribution in [-0.2, 0) is 4.79 Å². The van der Waals surface area contributed by atoms with Gasteiger partial charge in [0.25, 0.3) is 0 Å². The first kappa shape index (κ1) is 14.8. The third-order valence-electron chi connectivity index (χ3n) is 5.02. The first-order valence-corrected chi connectivity index (χ1v) is 7.80. The molecule has 0 aromatic carbocycles. The summed E-state index contributed by atoms with van der Waals surface area (Å²) in [6, 6.07) is 0.563. The van der Waals surface area contributed by atoms with Crippen LogP contribution in [0.15, 0.2) is 0 Å². The van der Waals surface area contributed by atoms with Crippen LogP contribution in [0.4, 0.5) is 0 Å². The predicted octanol–water partition coefficient (Wildman–Crippen LogP) is 2.09. The van der Waals surface area contributed by atoms with E-state index in [9.17, 15) is 9.90 Å². The molecule has 2 atom stereocenters. The molecule has 2 unspecified atom stereocenters. The Bertz CT molecular complexity index is 317. The zero-order valence-corrected chi connectivity index (χ0v) is 12.3. The molecule has 0 radical (unpaired) electrons. The fourth-order valence-corrected chi connectivity index (χ4v) is 3.57. The lowest BCUT2D eigenvalue weighted by Gasteiger charge is -2.38. The summed E-state index contributed by atoms with van der Waals surface area (Å²) in [6.07, 6.45) is 8.24. The molecular formula is C15H28N2O2. The molecule has 2 fully saturated rings. The molecule has 2 aliphatic rings. The quantitative estimate of drug-likeness (QED) is 0.774. The van der Waals surface area contributed by atoms with Crippen molar-refractivity contribution >= 4 is 5.97 Å². The second-order valence-electron chi connectivity index (χ2n) is 6.18. The minimum atomic E-state index is -0.724. The summed E-state index contributed by atoms with van der Waals surface area (Å²) in [7, 11) is 1.81. The van der Waals surface area contributed by atoms with Gasteiger partial charge in [0.05, 0.1) is 0 Å². The third kappa shape index (κ3) is 3.11. The lowest BCUT2D eigenvalue weighted by atomic mass is 9.91. The number of likely N-dealkylation sites (tertiary alicyclic amines) is 1. The maximum Gasteiger partial charge on any atom is 0.325 e. The van der Waals surface area contributed by atoms with Crippen LogP contribution >= 0.6 is 0 Å². The number of carboxylic acid groups (broad SMARTS) is 1. The molecule has 0 spiro atoms. The molecule has 1 aliphatic heterocycles. The van der Waals surface area contributed by atoms with Gasteiger partial charge < -0.3 is 10.4 Å². The molecule has 0 aromatic heterocycles. The van der Waals surface area contributed by atoms with Gasteiger partial charge in [-0.15, -0.1) is 0 Å². The van der Waals surface area contributed by atoms with Crippen LogP contribution in [0, 0.1) is 5.92 Å². The van der Waals surface area contributed by atoms with Crippen LogP contribution in [0.2, 0.25) is 0 Å². The number of hydrogen-bond acceptors (Lipinski definition) is 3. The molecule has 1 aliphatic carbocycles. The monoisotopic (exact) mass is 268 g/mol. The SMILES string of the molecule is CCC1CCCCCN1CC(NC)(C(=O)O)C1CC1. The highest BCUT2D eigenvalue weighted by molar-refractivity contribution is 5.80. The van der Waals surface area contributed by atoms with E-state index in [0.29, 0.717) is 18.5 Å². The van der Waals surface area contributed by atoms with E-state index in [2.05, 4.69) is 17.1 Å². The summed E-state index contributed by atoms with van der Waals surface area (Å²) in [6.45, 7) is 3.95. The Morgan fingerprint density at radius 1 is 1.32 bits per heavy atom. The smallest absolute Gasteiger partial charge is 0.325 e. The maximum atomic E-state index is 11.8. The predicted molar refractivity (Wildman–Crippen MR) is 76.3 cm³/mol. The third-order valence-corrected chi connectivity index (χ3v) is 5.02. The zero-order valence-electron chi connectivity index (χ0n) is 12.3. The highest BCUT2D eigenvalue weighted by Crippen LogP contribution is 2.41. The molecular weight excluding hydrogens is 240 g/mol. The molecule has 110 valence electrons. The molecule has 2 N–H and O–H groups in total. The molecule has 0 aromatic rings. The van der Waals surface area contributed by atoms with Gasteiger partial charge in [-0.1, -0.05) is 19.8 Å². The van der Waals surface area contributed by atoms with E-state index in [1.54, 1.807) is 0 Å². The normalized spacial score (nSPS) is 28.6. The van der Waals surface area contributed by atoms with Gasteiger partial charge in [0.15, 0.2) is 0 Å². The van der Waals surface area contributed by atoms with Gasteiger partial charge in [-0.3, -0.25) is 9.69 Å². The van der Waals surface area contributed by atoms with Crippen LogP contribution in [0.5, 0.6) is 0 Å². The molecule has 1 saturated carbocycles. The number of carboxylic acids is 1. The Morgan fingerprint density at radius 3 is 2.58 bits per heavy atom. The van der Waals surface area contributed by atoms with Crippen molar-refractivity contribution in [1.82, 2.24) is 10.2 Å². The average molecular weight is 268 g/mol. The lowest BCUT2D eigenvalue weighted by molar-refractivity contribution is -0.147. The molecule has 0 bridgehead atoms. The standard InChI is InChI=1S/C15H28N2O2/c1-3-13-7-5-4-6-10-17(13)11-15(16-2,14(18)19)12-8-9-12/h12-13,16H,3-11H2,1-2H3,(H,18,19). The van der Waals surface area contributed by atoms with Crippen LogP contribution in [0.25, 0.3) is 0 Å². The Labute approximate surface area is 116 Å². The first-order chi connectivity index (χ1) is 9.14. The van der Waals surface area contributed by atoms with Gasteiger partial charge in [0.2, 0.25) is 0 Å². The van der Waals surface area contributed by atoms with Crippen molar-refractivity contribution in [2.75, 3.05) is 20.1 Å². The first-order valence-electron chi connectivity index (χ1n) is 7.80. The molecule has 4 heteroatoms. The lowest BCUT2D eigenvalue weighted by Crippen LogP contribution is -2.60. The molecule has 1 heterocycles. The fourth-order valence-electron chi connectivity index (χ4n) is 3.57. The van der Waals surface area contributed by atoms with E-state index in [1.807, 2.05) is 7.05 Å². The molecule has 1 saturated heterocycles. The summed E-state index contributed by atoms with van der Waals surface area (Å²) in [5, 5.41) is 12.9. The maximum absolute atomic E-state index is 11.8. The van der Waals surface area contributed by atoms with Gasteiger partial charge >= 0.3 is 5.97 Å². The summed E-state index contributed by atoms with van der Waals surface area (Å²) in [5.41, 5.74) is -0.724. The van der Waals surface area contributed by atoms with Crippen LogP contribution < -0.4 is 5.32 Å². The van der Waals surface area contributed by atoms with Crippen molar-refractivity contribution in [2.24, 2.45) is 5.92 Å². The summed E-state index contributed by atoms with van der Waals surface area (Å²) < 4.78 is 0. The number of hydrogen-bond donors (Lipinski definition) is 2. The number of nitrogens with one attached hydrogen (secondary N) is 1. The van der Waals surface area contributed by atoms with Gasteiger partial charge in [0.1, 0.15) is 5.54 Å². The fraction of sp³-hybridized carbons (Fsp3) is 0.933. The second kappa shape index (κ2) is 6.23. The molecule has 19 heavy (non-hydrogen) atoms. The van der Waals surface area contributed by atoms with Crippen molar-refractivity contribution in [3.63, 3.8) is 0 Å². The Kier molecular flexibility index (Phi) is 4.85. The van der Waals surface area contributed by atoms with E-state index in [0.717, 1.165) is 25.8 Å². The summed E-state index contributed by atoms with van der Waals surface area (Å²) >= 11 is 0. The van der Waals surface area contributed by atoms with Crippen LogP contribution in [0.3, 0.4) is 0 Å². The van der Waals surface area contributed by atoms with Crippen molar-refractivity contribution in [1.29, 1.82) is 0 Å². The Morgan fingerprint density at radius 2 is 2.05 bits per heavy atom. The van der Waals surface area contributed by atoms with Crippen molar-refractivity contribution in [3.8, 4) is 0 Å². The summed E-state index contributed by atoms with van der Waals surface area (Å²) in [4.78, 5) is 14.2. The number of rotatable bonds is 6. The Hall–Kier alpha value is -0.610.